The average molecular weight is 316 g/mol. The molecular formula is C16H20N4OS. The second-order valence-corrected chi connectivity index (χ2v) is 6.75. The summed E-state index contributed by atoms with van der Waals surface area (Å²) in [5.41, 5.74) is 0.909. The Bertz CT molecular complexity index is 687. The van der Waals surface area contributed by atoms with Crippen molar-refractivity contribution in [1.29, 1.82) is 0 Å². The minimum Gasteiger partial charge on any atom is -0.367 e. The predicted octanol–water partition coefficient (Wildman–Crippen LogP) is 2.82. The number of rotatable bonds is 6. The lowest BCUT2D eigenvalue weighted by Gasteiger charge is -2.12. The molecule has 22 heavy (non-hydrogen) atoms. The fraction of sp³-hybridized carbons (Fsp3) is 0.438. The molecule has 0 radical (unpaired) electrons. The molecule has 2 N–H and O–H groups in total. The summed E-state index contributed by atoms with van der Waals surface area (Å²) in [5.74, 6) is 0.889. The third-order valence-electron chi connectivity index (χ3n) is 3.50. The number of hydrogen-bond donors (Lipinski definition) is 2. The van der Waals surface area contributed by atoms with Gasteiger partial charge in [0, 0.05) is 18.0 Å². The molecule has 1 atom stereocenters. The highest BCUT2D eigenvalue weighted by Crippen LogP contribution is 2.30. The van der Waals surface area contributed by atoms with Crippen LogP contribution in [0, 0.1) is 0 Å². The van der Waals surface area contributed by atoms with Crippen LogP contribution in [0.3, 0.4) is 0 Å². The summed E-state index contributed by atoms with van der Waals surface area (Å²) in [5, 5.41) is 7.75. The average Bonchev–Trinajstić information content (AvgIpc) is 3.31. The van der Waals surface area contributed by atoms with E-state index in [0.717, 1.165) is 16.7 Å². The van der Waals surface area contributed by atoms with Gasteiger partial charge in [-0.1, -0.05) is 23.9 Å². The van der Waals surface area contributed by atoms with Crippen LogP contribution in [-0.2, 0) is 4.79 Å². The van der Waals surface area contributed by atoms with E-state index < -0.39 is 0 Å². The molecule has 2 aromatic rings. The van der Waals surface area contributed by atoms with E-state index >= 15 is 0 Å². The van der Waals surface area contributed by atoms with Crippen molar-refractivity contribution >= 4 is 34.4 Å². The van der Waals surface area contributed by atoms with E-state index in [1.807, 2.05) is 38.1 Å². The van der Waals surface area contributed by atoms with Gasteiger partial charge in [-0.15, -0.1) is 0 Å². The van der Waals surface area contributed by atoms with Gasteiger partial charge in [-0.05, 0) is 38.8 Å². The van der Waals surface area contributed by atoms with E-state index in [-0.39, 0.29) is 11.2 Å². The van der Waals surface area contributed by atoms with Crippen LogP contribution in [0.15, 0.2) is 29.4 Å². The highest BCUT2D eigenvalue weighted by molar-refractivity contribution is 8.00. The molecule has 3 rings (SSSR count). The van der Waals surface area contributed by atoms with Crippen LogP contribution in [0.2, 0.25) is 0 Å². The Morgan fingerprint density at radius 3 is 2.86 bits per heavy atom. The summed E-state index contributed by atoms with van der Waals surface area (Å²) >= 11 is 1.39. The second-order valence-electron chi connectivity index (χ2n) is 5.45. The highest BCUT2D eigenvalue weighted by atomic mass is 32.2. The van der Waals surface area contributed by atoms with E-state index in [2.05, 4.69) is 20.6 Å². The fourth-order valence-corrected chi connectivity index (χ4v) is 2.97. The molecule has 0 aliphatic heterocycles. The van der Waals surface area contributed by atoms with E-state index in [1.165, 1.54) is 24.6 Å². The standard InChI is InChI=1S/C16H20N4OS/c1-3-17-15(21)10(2)22-16-19-13-7-5-4-6-12(13)14(20-16)18-11-8-9-11/h4-7,10-11H,3,8-9H2,1-2H3,(H,17,21)(H,18,19,20)/t10-/m0/s1. The third kappa shape index (κ3) is 3.50. The maximum absolute atomic E-state index is 11.9. The molecular weight excluding hydrogens is 296 g/mol. The highest BCUT2D eigenvalue weighted by Gasteiger charge is 2.23. The fourth-order valence-electron chi connectivity index (χ4n) is 2.17. The molecule has 1 saturated carbocycles. The number of hydrogen-bond acceptors (Lipinski definition) is 5. The zero-order valence-corrected chi connectivity index (χ0v) is 13.6. The van der Waals surface area contributed by atoms with Gasteiger partial charge >= 0.3 is 0 Å². The Morgan fingerprint density at radius 1 is 1.36 bits per heavy atom. The van der Waals surface area contributed by atoms with Gasteiger partial charge in [-0.3, -0.25) is 4.79 Å². The number of nitrogens with one attached hydrogen (secondary N) is 2. The largest absolute Gasteiger partial charge is 0.367 e. The van der Waals surface area contributed by atoms with E-state index in [4.69, 9.17) is 0 Å². The van der Waals surface area contributed by atoms with Crippen molar-refractivity contribution in [3.8, 4) is 0 Å². The molecule has 6 heteroatoms. The summed E-state index contributed by atoms with van der Waals surface area (Å²) in [6.07, 6.45) is 2.38. The Hall–Kier alpha value is -1.82. The quantitative estimate of drug-likeness (QED) is 0.633. The van der Waals surface area contributed by atoms with Gasteiger partial charge in [-0.25, -0.2) is 9.97 Å². The Morgan fingerprint density at radius 2 is 2.14 bits per heavy atom. The van der Waals surface area contributed by atoms with Gasteiger partial charge in [0.15, 0.2) is 5.16 Å². The van der Waals surface area contributed by atoms with Gasteiger partial charge in [0.2, 0.25) is 5.91 Å². The van der Waals surface area contributed by atoms with Crippen molar-refractivity contribution in [3.63, 3.8) is 0 Å². The summed E-state index contributed by atoms with van der Waals surface area (Å²) in [6.45, 7) is 4.43. The molecule has 116 valence electrons. The number of aromatic nitrogens is 2. The number of carbonyl (C=O) groups is 1. The van der Waals surface area contributed by atoms with Crippen LogP contribution in [0.1, 0.15) is 26.7 Å². The smallest absolute Gasteiger partial charge is 0.233 e. The number of para-hydroxylation sites is 1. The zero-order chi connectivity index (χ0) is 15.5. The molecule has 5 nitrogen and oxygen atoms in total. The lowest BCUT2D eigenvalue weighted by molar-refractivity contribution is -0.120. The SMILES string of the molecule is CCNC(=O)[C@H](C)Sc1nc(NC2CC2)c2ccccc2n1. The summed E-state index contributed by atoms with van der Waals surface area (Å²) in [7, 11) is 0. The first-order chi connectivity index (χ1) is 10.7. The number of fused-ring (bicyclic) bond motifs is 1. The molecule has 1 aromatic carbocycles. The first-order valence-corrected chi connectivity index (χ1v) is 8.53. The van der Waals surface area contributed by atoms with Crippen LogP contribution < -0.4 is 10.6 Å². The van der Waals surface area contributed by atoms with Crippen LogP contribution in [0.4, 0.5) is 5.82 Å². The lowest BCUT2D eigenvalue weighted by Crippen LogP contribution is -2.30. The topological polar surface area (TPSA) is 66.9 Å². The lowest BCUT2D eigenvalue weighted by atomic mass is 10.2. The number of nitrogens with zero attached hydrogens (tertiary/aromatic N) is 2. The van der Waals surface area contributed by atoms with Crippen LogP contribution in [0.25, 0.3) is 10.9 Å². The normalized spacial score (nSPS) is 15.5. The van der Waals surface area contributed by atoms with Gasteiger partial charge < -0.3 is 10.6 Å². The first-order valence-electron chi connectivity index (χ1n) is 7.65. The Balaban J connectivity index is 1.87. The maximum Gasteiger partial charge on any atom is 0.233 e. The van der Waals surface area contributed by atoms with E-state index in [1.54, 1.807) is 0 Å². The van der Waals surface area contributed by atoms with Crippen molar-refractivity contribution in [1.82, 2.24) is 15.3 Å². The summed E-state index contributed by atoms with van der Waals surface area (Å²) < 4.78 is 0. The predicted molar refractivity (Wildman–Crippen MR) is 90.2 cm³/mol. The van der Waals surface area contributed by atoms with Crippen LogP contribution >= 0.6 is 11.8 Å². The number of carbonyl (C=O) groups excluding carboxylic acids is 1. The molecule has 1 aromatic heterocycles. The van der Waals surface area contributed by atoms with Crippen molar-refractivity contribution < 1.29 is 4.79 Å². The van der Waals surface area contributed by atoms with Crippen molar-refractivity contribution in [2.45, 2.75) is 43.1 Å². The molecule has 0 bridgehead atoms. The first kappa shape index (κ1) is 15.1. The number of benzene rings is 1. The molecule has 1 aliphatic rings. The Kier molecular flexibility index (Phi) is 4.47. The molecule has 1 amide bonds. The summed E-state index contributed by atoms with van der Waals surface area (Å²) in [4.78, 5) is 21.1. The van der Waals surface area contributed by atoms with Crippen molar-refractivity contribution in [3.05, 3.63) is 24.3 Å². The van der Waals surface area contributed by atoms with Gasteiger partial charge in [0.1, 0.15) is 5.82 Å². The van der Waals surface area contributed by atoms with Gasteiger partial charge in [-0.2, -0.15) is 0 Å². The second kappa shape index (κ2) is 6.52. The third-order valence-corrected chi connectivity index (χ3v) is 4.46. The van der Waals surface area contributed by atoms with Gasteiger partial charge in [0.25, 0.3) is 0 Å². The zero-order valence-electron chi connectivity index (χ0n) is 12.8. The molecule has 1 aliphatic carbocycles. The van der Waals surface area contributed by atoms with E-state index in [9.17, 15) is 4.79 Å². The molecule has 0 saturated heterocycles. The molecule has 1 heterocycles. The molecule has 0 unspecified atom stereocenters. The minimum absolute atomic E-state index is 0.0148. The van der Waals surface area contributed by atoms with Gasteiger partial charge in [0.05, 0.1) is 10.8 Å². The number of anilines is 1. The molecule has 1 fully saturated rings. The van der Waals surface area contributed by atoms with Crippen molar-refractivity contribution in [2.75, 3.05) is 11.9 Å². The number of thioether (sulfide) groups is 1. The van der Waals surface area contributed by atoms with Crippen LogP contribution in [-0.4, -0.2) is 33.7 Å². The summed E-state index contributed by atoms with van der Waals surface area (Å²) in [6, 6.07) is 8.50. The molecule has 0 spiro atoms. The number of amides is 1. The minimum atomic E-state index is -0.213. The van der Waals surface area contributed by atoms with Crippen LogP contribution in [0.5, 0.6) is 0 Å². The van der Waals surface area contributed by atoms with Crippen molar-refractivity contribution in [2.24, 2.45) is 0 Å². The monoisotopic (exact) mass is 316 g/mol. The van der Waals surface area contributed by atoms with E-state index in [0.29, 0.717) is 17.7 Å². The maximum atomic E-state index is 11.9. The Labute approximate surface area is 134 Å².